The average molecular weight is 368 g/mol. The molecule has 1 atom stereocenters. The summed E-state index contributed by atoms with van der Waals surface area (Å²) in [5, 5.41) is 0.147. The van der Waals surface area contributed by atoms with E-state index in [0.717, 1.165) is 44.8 Å². The van der Waals surface area contributed by atoms with Crippen molar-refractivity contribution in [3.05, 3.63) is 29.0 Å². The lowest BCUT2D eigenvalue weighted by Crippen LogP contribution is -2.49. The van der Waals surface area contributed by atoms with Crippen molar-refractivity contribution in [1.29, 1.82) is 0 Å². The number of piperidine rings is 1. The highest BCUT2D eigenvalue weighted by atomic mass is 35.5. The topological polar surface area (TPSA) is 26.8 Å². The van der Waals surface area contributed by atoms with Gasteiger partial charge in [0.15, 0.2) is 0 Å². The van der Waals surface area contributed by atoms with E-state index >= 15 is 0 Å². The molecule has 0 N–H and O–H groups in total. The number of nitrogens with zero attached hydrogens (tertiary/aromatic N) is 3. The summed E-state index contributed by atoms with van der Waals surface area (Å²) in [4.78, 5) is 19.0. The van der Waals surface area contributed by atoms with Crippen LogP contribution in [0.1, 0.15) is 25.7 Å². The molecule has 2 saturated heterocycles. The van der Waals surface area contributed by atoms with Gasteiger partial charge in [0.05, 0.1) is 5.02 Å². The van der Waals surface area contributed by atoms with Crippen molar-refractivity contribution in [2.24, 2.45) is 5.92 Å². The van der Waals surface area contributed by atoms with E-state index in [4.69, 9.17) is 11.6 Å². The first-order chi connectivity index (χ1) is 12.0. The van der Waals surface area contributed by atoms with Gasteiger partial charge in [0.1, 0.15) is 5.82 Å². The zero-order valence-electron chi connectivity index (χ0n) is 14.9. The van der Waals surface area contributed by atoms with Crippen LogP contribution in [0.3, 0.4) is 0 Å². The van der Waals surface area contributed by atoms with E-state index in [1.165, 1.54) is 25.5 Å². The summed E-state index contributed by atoms with van der Waals surface area (Å²) in [5.41, 5.74) is 0.920. The predicted molar refractivity (Wildman–Crippen MR) is 99.7 cm³/mol. The Morgan fingerprint density at radius 3 is 2.68 bits per heavy atom. The number of piperazine rings is 1. The van der Waals surface area contributed by atoms with Gasteiger partial charge in [-0.05, 0) is 57.0 Å². The van der Waals surface area contributed by atoms with Crippen LogP contribution in [0.15, 0.2) is 18.2 Å². The molecule has 0 aliphatic carbocycles. The first kappa shape index (κ1) is 18.5. The zero-order chi connectivity index (χ0) is 17.8. The van der Waals surface area contributed by atoms with Gasteiger partial charge in [-0.25, -0.2) is 4.39 Å². The van der Waals surface area contributed by atoms with Crippen LogP contribution in [0.5, 0.6) is 0 Å². The summed E-state index contributed by atoms with van der Waals surface area (Å²) in [7, 11) is 2.16. The lowest BCUT2D eigenvalue weighted by Gasteiger charge is -2.36. The second-order valence-electron chi connectivity index (χ2n) is 7.28. The fraction of sp³-hybridized carbons (Fsp3) is 0.632. The lowest BCUT2D eigenvalue weighted by molar-refractivity contribution is -0.131. The smallest absolute Gasteiger partial charge is 0.222 e. The van der Waals surface area contributed by atoms with Gasteiger partial charge in [0, 0.05) is 44.8 Å². The van der Waals surface area contributed by atoms with Gasteiger partial charge < -0.3 is 14.7 Å². The molecule has 0 radical (unpaired) electrons. The van der Waals surface area contributed by atoms with Crippen molar-refractivity contribution in [1.82, 2.24) is 9.80 Å². The molecule has 1 aromatic rings. The van der Waals surface area contributed by atoms with E-state index in [2.05, 4.69) is 16.8 Å². The minimum atomic E-state index is -0.396. The Hall–Kier alpha value is -1.33. The van der Waals surface area contributed by atoms with Crippen LogP contribution in [0.4, 0.5) is 10.1 Å². The number of benzene rings is 1. The van der Waals surface area contributed by atoms with Gasteiger partial charge in [-0.1, -0.05) is 11.6 Å². The molecule has 0 aromatic heterocycles. The van der Waals surface area contributed by atoms with Crippen molar-refractivity contribution in [3.8, 4) is 0 Å². The maximum atomic E-state index is 13.3. The van der Waals surface area contributed by atoms with E-state index in [1.807, 2.05) is 4.90 Å². The Balaban J connectivity index is 1.45. The summed E-state index contributed by atoms with van der Waals surface area (Å²) in [6, 6.07) is 4.81. The monoisotopic (exact) mass is 367 g/mol. The van der Waals surface area contributed by atoms with Crippen molar-refractivity contribution in [2.75, 3.05) is 51.2 Å². The fourth-order valence-electron chi connectivity index (χ4n) is 3.89. The molecular formula is C19H27ClFN3O. The molecule has 138 valence electrons. The first-order valence-corrected chi connectivity index (χ1v) is 9.57. The van der Waals surface area contributed by atoms with Crippen molar-refractivity contribution >= 4 is 23.2 Å². The Morgan fingerprint density at radius 1 is 1.24 bits per heavy atom. The Morgan fingerprint density at radius 2 is 2.00 bits per heavy atom. The number of halogens is 2. The van der Waals surface area contributed by atoms with E-state index in [0.29, 0.717) is 12.3 Å². The number of carbonyl (C=O) groups is 1. The predicted octanol–water partition coefficient (Wildman–Crippen LogP) is 3.25. The fourth-order valence-corrected chi connectivity index (χ4v) is 4.07. The number of rotatable bonds is 4. The molecule has 2 fully saturated rings. The zero-order valence-corrected chi connectivity index (χ0v) is 15.6. The largest absolute Gasteiger partial charge is 0.368 e. The number of hydrogen-bond donors (Lipinski definition) is 0. The summed E-state index contributed by atoms with van der Waals surface area (Å²) < 4.78 is 13.3. The highest BCUT2D eigenvalue weighted by Crippen LogP contribution is 2.24. The van der Waals surface area contributed by atoms with Crippen molar-refractivity contribution in [2.45, 2.75) is 25.7 Å². The SMILES string of the molecule is CN1CCC[C@H](CCC(=O)N2CCN(c3ccc(F)c(Cl)c3)CC2)C1. The molecule has 1 aromatic carbocycles. The Labute approximate surface area is 154 Å². The van der Waals surface area contributed by atoms with Gasteiger partial charge in [0.2, 0.25) is 5.91 Å². The third kappa shape index (κ3) is 4.85. The maximum absolute atomic E-state index is 13.3. The van der Waals surface area contributed by atoms with Crippen molar-refractivity contribution < 1.29 is 9.18 Å². The summed E-state index contributed by atoms with van der Waals surface area (Å²) in [5.74, 6) is 0.531. The van der Waals surface area contributed by atoms with Gasteiger partial charge in [0.25, 0.3) is 0 Å². The molecule has 0 saturated carbocycles. The van der Waals surface area contributed by atoms with Gasteiger partial charge in [-0.3, -0.25) is 4.79 Å². The molecule has 0 spiro atoms. The molecule has 0 bridgehead atoms. The molecule has 2 aliphatic rings. The second kappa shape index (κ2) is 8.37. The Bertz CT molecular complexity index is 604. The molecule has 0 unspecified atom stereocenters. The van der Waals surface area contributed by atoms with Crippen molar-refractivity contribution in [3.63, 3.8) is 0 Å². The standard InChI is InChI=1S/C19H27ClFN3O/c1-22-8-2-3-15(14-22)4-7-19(25)24-11-9-23(10-12-24)16-5-6-18(21)17(20)13-16/h5-6,13,15H,2-4,7-12,14H2,1H3/t15-/m1/s1. The first-order valence-electron chi connectivity index (χ1n) is 9.19. The Kier molecular flexibility index (Phi) is 6.18. The summed E-state index contributed by atoms with van der Waals surface area (Å²) in [6.07, 6.45) is 4.14. The second-order valence-corrected chi connectivity index (χ2v) is 7.68. The molecular weight excluding hydrogens is 341 g/mol. The minimum absolute atomic E-state index is 0.147. The number of carbonyl (C=O) groups excluding carboxylic acids is 1. The lowest BCUT2D eigenvalue weighted by atomic mass is 9.93. The molecule has 2 aliphatic heterocycles. The van der Waals surface area contributed by atoms with Crippen LogP contribution in [-0.4, -0.2) is 62.0 Å². The van der Waals surface area contributed by atoms with Crippen LogP contribution in [-0.2, 0) is 4.79 Å². The van der Waals surface area contributed by atoms with Gasteiger partial charge in [-0.15, -0.1) is 0 Å². The van der Waals surface area contributed by atoms with E-state index in [-0.39, 0.29) is 10.9 Å². The van der Waals surface area contributed by atoms with Crippen LogP contribution in [0, 0.1) is 11.7 Å². The van der Waals surface area contributed by atoms with Crippen LogP contribution < -0.4 is 4.90 Å². The third-order valence-electron chi connectivity index (χ3n) is 5.39. The number of anilines is 1. The number of likely N-dealkylation sites (tertiary alicyclic amines) is 1. The average Bonchev–Trinajstić information content (AvgIpc) is 2.62. The van der Waals surface area contributed by atoms with Crippen LogP contribution in [0.2, 0.25) is 5.02 Å². The highest BCUT2D eigenvalue weighted by molar-refractivity contribution is 6.31. The van der Waals surface area contributed by atoms with Gasteiger partial charge in [-0.2, -0.15) is 0 Å². The minimum Gasteiger partial charge on any atom is -0.368 e. The van der Waals surface area contributed by atoms with E-state index < -0.39 is 5.82 Å². The van der Waals surface area contributed by atoms with E-state index in [1.54, 1.807) is 12.1 Å². The molecule has 3 rings (SSSR count). The van der Waals surface area contributed by atoms with E-state index in [9.17, 15) is 9.18 Å². The van der Waals surface area contributed by atoms with Crippen LogP contribution >= 0.6 is 11.6 Å². The molecule has 6 heteroatoms. The molecule has 1 amide bonds. The summed E-state index contributed by atoms with van der Waals surface area (Å²) in [6.45, 7) is 5.27. The number of amides is 1. The summed E-state index contributed by atoms with van der Waals surface area (Å²) >= 11 is 5.87. The third-order valence-corrected chi connectivity index (χ3v) is 5.68. The maximum Gasteiger partial charge on any atom is 0.222 e. The van der Waals surface area contributed by atoms with Crippen LogP contribution in [0.25, 0.3) is 0 Å². The van der Waals surface area contributed by atoms with Gasteiger partial charge >= 0.3 is 0 Å². The molecule has 2 heterocycles. The quantitative estimate of drug-likeness (QED) is 0.817. The highest BCUT2D eigenvalue weighted by Gasteiger charge is 2.23. The molecule has 25 heavy (non-hydrogen) atoms. The normalized spacial score (nSPS) is 22.3. The molecule has 4 nitrogen and oxygen atoms in total. The number of hydrogen-bond acceptors (Lipinski definition) is 3.